The van der Waals surface area contributed by atoms with Crippen LogP contribution in [0.4, 0.5) is 0 Å². The zero-order chi connectivity index (χ0) is 15.2. The maximum absolute atomic E-state index is 11.3. The van der Waals surface area contributed by atoms with Crippen LogP contribution in [0.3, 0.4) is 0 Å². The second-order valence-corrected chi connectivity index (χ2v) is 4.65. The maximum atomic E-state index is 11.3. The number of ether oxygens (including phenoxy) is 3. The van der Waals surface area contributed by atoms with E-state index in [4.69, 9.17) is 19.9 Å². The number of amides is 1. The van der Waals surface area contributed by atoms with E-state index < -0.39 is 5.91 Å². The lowest BCUT2D eigenvalue weighted by molar-refractivity contribution is -0.00841. The highest BCUT2D eigenvalue weighted by atomic mass is 16.7. The first-order valence-electron chi connectivity index (χ1n) is 6.66. The topological polar surface area (TPSA) is 70.8 Å². The molecule has 0 aliphatic rings. The molecule has 5 heteroatoms. The van der Waals surface area contributed by atoms with E-state index in [2.05, 4.69) is 0 Å². The molecule has 112 valence electrons. The zero-order valence-electron chi connectivity index (χ0n) is 12.2. The largest absolute Gasteiger partial charge is 0.468 e. The lowest BCUT2D eigenvalue weighted by Crippen LogP contribution is -2.12. The summed E-state index contributed by atoms with van der Waals surface area (Å²) in [7, 11) is 1.62. The van der Waals surface area contributed by atoms with E-state index in [1.54, 1.807) is 13.2 Å². The minimum Gasteiger partial charge on any atom is -0.468 e. The van der Waals surface area contributed by atoms with Crippen LogP contribution in [0.25, 0.3) is 10.8 Å². The third kappa shape index (κ3) is 3.71. The monoisotopic (exact) mass is 289 g/mol. The number of fused-ring (bicyclic) bond motifs is 1. The molecule has 0 radical (unpaired) electrons. The number of nitrogens with two attached hydrogens (primary N) is 1. The third-order valence-corrected chi connectivity index (χ3v) is 3.27. The van der Waals surface area contributed by atoms with Crippen molar-refractivity contribution in [3.63, 3.8) is 0 Å². The molecule has 1 amide bonds. The number of methoxy groups -OCH3 is 1. The van der Waals surface area contributed by atoms with Gasteiger partial charge < -0.3 is 19.9 Å². The standard InChI is InChI=1S/C16H19NO4/c1-11-14-6-4-13(21-10-20-8-7-19-2)9-12(14)3-5-15(11)16(17)18/h3-6,9H,7-8,10H2,1-2H3,(H2,17,18). The molecular weight excluding hydrogens is 270 g/mol. The Morgan fingerprint density at radius 3 is 2.71 bits per heavy atom. The van der Waals surface area contributed by atoms with Crippen LogP contribution in [-0.4, -0.2) is 33.0 Å². The predicted molar refractivity (Wildman–Crippen MR) is 80.5 cm³/mol. The molecule has 0 aromatic heterocycles. The van der Waals surface area contributed by atoms with Crippen molar-refractivity contribution in [3.8, 4) is 5.75 Å². The molecule has 2 aromatic carbocycles. The minimum absolute atomic E-state index is 0.174. The number of rotatable bonds is 7. The highest BCUT2D eigenvalue weighted by molar-refractivity contribution is 6.00. The highest BCUT2D eigenvalue weighted by Gasteiger charge is 2.08. The van der Waals surface area contributed by atoms with Crippen LogP contribution in [0.5, 0.6) is 5.75 Å². The van der Waals surface area contributed by atoms with Gasteiger partial charge in [0, 0.05) is 12.7 Å². The molecule has 21 heavy (non-hydrogen) atoms. The normalized spacial score (nSPS) is 10.8. The Morgan fingerprint density at radius 2 is 2.00 bits per heavy atom. The Hall–Kier alpha value is -2.11. The fourth-order valence-corrected chi connectivity index (χ4v) is 2.13. The zero-order valence-corrected chi connectivity index (χ0v) is 12.2. The van der Waals surface area contributed by atoms with Gasteiger partial charge in [0.15, 0.2) is 6.79 Å². The number of benzene rings is 2. The number of aryl methyl sites for hydroxylation is 1. The minimum atomic E-state index is -0.415. The quantitative estimate of drug-likeness (QED) is 0.627. The molecule has 5 nitrogen and oxygen atoms in total. The van der Waals surface area contributed by atoms with Crippen LogP contribution in [0, 0.1) is 6.92 Å². The second kappa shape index (κ2) is 7.06. The van der Waals surface area contributed by atoms with E-state index in [1.807, 2.05) is 31.2 Å². The Bertz CT molecular complexity index is 639. The summed E-state index contributed by atoms with van der Waals surface area (Å²) in [4.78, 5) is 11.3. The number of carbonyl (C=O) groups is 1. The molecule has 0 fully saturated rings. The van der Waals surface area contributed by atoms with Crippen molar-refractivity contribution in [1.82, 2.24) is 0 Å². The molecule has 0 aliphatic carbocycles. The molecule has 2 N–H and O–H groups in total. The number of hydrogen-bond acceptors (Lipinski definition) is 4. The molecule has 0 heterocycles. The van der Waals surface area contributed by atoms with Crippen molar-refractivity contribution in [2.45, 2.75) is 6.92 Å². The fraction of sp³-hybridized carbons (Fsp3) is 0.312. The van der Waals surface area contributed by atoms with Gasteiger partial charge in [-0.25, -0.2) is 0 Å². The van der Waals surface area contributed by atoms with Crippen LogP contribution in [0.1, 0.15) is 15.9 Å². The summed E-state index contributed by atoms with van der Waals surface area (Å²) in [6.07, 6.45) is 0. The Balaban J connectivity index is 2.12. The van der Waals surface area contributed by atoms with Crippen LogP contribution < -0.4 is 10.5 Å². The molecule has 0 bridgehead atoms. The Kier molecular flexibility index (Phi) is 5.14. The van der Waals surface area contributed by atoms with Gasteiger partial charge in [0.1, 0.15) is 5.75 Å². The summed E-state index contributed by atoms with van der Waals surface area (Å²) in [6, 6.07) is 9.27. The van der Waals surface area contributed by atoms with E-state index >= 15 is 0 Å². The van der Waals surface area contributed by atoms with E-state index in [-0.39, 0.29) is 6.79 Å². The number of primary amides is 1. The van der Waals surface area contributed by atoms with Gasteiger partial charge in [0.25, 0.3) is 0 Å². The van der Waals surface area contributed by atoms with Crippen molar-refractivity contribution in [2.75, 3.05) is 27.1 Å². The SMILES string of the molecule is COCCOCOc1ccc2c(C)c(C(N)=O)ccc2c1. The van der Waals surface area contributed by atoms with E-state index in [1.165, 1.54) is 0 Å². The molecule has 0 unspecified atom stereocenters. The van der Waals surface area contributed by atoms with Gasteiger partial charge in [-0.3, -0.25) is 4.79 Å². The molecular formula is C16H19NO4. The van der Waals surface area contributed by atoms with Gasteiger partial charge in [0.2, 0.25) is 5.91 Å². The Labute approximate surface area is 123 Å². The van der Waals surface area contributed by atoms with Gasteiger partial charge in [-0.15, -0.1) is 0 Å². The van der Waals surface area contributed by atoms with Crippen molar-refractivity contribution in [1.29, 1.82) is 0 Å². The molecule has 0 atom stereocenters. The van der Waals surface area contributed by atoms with Crippen LogP contribution >= 0.6 is 0 Å². The summed E-state index contributed by atoms with van der Waals surface area (Å²) >= 11 is 0. The van der Waals surface area contributed by atoms with Gasteiger partial charge >= 0.3 is 0 Å². The number of carbonyl (C=O) groups excluding carboxylic acids is 1. The van der Waals surface area contributed by atoms with Gasteiger partial charge in [-0.1, -0.05) is 12.1 Å². The molecule has 0 saturated heterocycles. The first-order chi connectivity index (χ1) is 10.1. The molecule has 0 aliphatic heterocycles. The number of hydrogen-bond donors (Lipinski definition) is 1. The van der Waals surface area contributed by atoms with Crippen molar-refractivity contribution in [3.05, 3.63) is 41.5 Å². The summed E-state index contributed by atoms with van der Waals surface area (Å²) in [5, 5.41) is 1.98. The molecule has 2 rings (SSSR count). The second-order valence-electron chi connectivity index (χ2n) is 4.65. The van der Waals surface area contributed by atoms with Crippen molar-refractivity contribution < 1.29 is 19.0 Å². The maximum Gasteiger partial charge on any atom is 0.248 e. The molecule has 0 spiro atoms. The van der Waals surface area contributed by atoms with Crippen molar-refractivity contribution >= 4 is 16.7 Å². The summed E-state index contributed by atoms with van der Waals surface area (Å²) in [5.74, 6) is 0.299. The smallest absolute Gasteiger partial charge is 0.248 e. The average molecular weight is 289 g/mol. The first kappa shape index (κ1) is 15.3. The van der Waals surface area contributed by atoms with Crippen LogP contribution in [-0.2, 0) is 9.47 Å². The molecule has 0 saturated carbocycles. The van der Waals surface area contributed by atoms with Crippen LogP contribution in [0.2, 0.25) is 0 Å². The van der Waals surface area contributed by atoms with E-state index in [9.17, 15) is 4.79 Å². The van der Waals surface area contributed by atoms with Gasteiger partial charge in [0.05, 0.1) is 13.2 Å². The molecule has 2 aromatic rings. The van der Waals surface area contributed by atoms with Gasteiger partial charge in [-0.2, -0.15) is 0 Å². The predicted octanol–water partition coefficient (Wildman–Crippen LogP) is 2.25. The van der Waals surface area contributed by atoms with Crippen molar-refractivity contribution in [2.24, 2.45) is 5.73 Å². The summed E-state index contributed by atoms with van der Waals surface area (Å²) in [6.45, 7) is 3.09. The lowest BCUT2D eigenvalue weighted by Gasteiger charge is -2.10. The highest BCUT2D eigenvalue weighted by Crippen LogP contribution is 2.25. The Morgan fingerprint density at radius 1 is 1.19 bits per heavy atom. The van der Waals surface area contributed by atoms with Crippen LogP contribution in [0.15, 0.2) is 30.3 Å². The third-order valence-electron chi connectivity index (χ3n) is 3.27. The first-order valence-corrected chi connectivity index (χ1v) is 6.66. The van der Waals surface area contributed by atoms with E-state index in [0.29, 0.717) is 24.5 Å². The fourth-order valence-electron chi connectivity index (χ4n) is 2.13. The average Bonchev–Trinajstić information content (AvgIpc) is 2.47. The van der Waals surface area contributed by atoms with E-state index in [0.717, 1.165) is 16.3 Å². The summed E-state index contributed by atoms with van der Waals surface area (Å²) in [5.41, 5.74) is 6.77. The van der Waals surface area contributed by atoms with Gasteiger partial charge in [-0.05, 0) is 41.5 Å². The summed E-state index contributed by atoms with van der Waals surface area (Å²) < 4.78 is 15.6. The lowest BCUT2D eigenvalue weighted by atomic mass is 9.99.